The van der Waals surface area contributed by atoms with Crippen molar-refractivity contribution in [3.05, 3.63) is 10.4 Å². The van der Waals surface area contributed by atoms with E-state index in [1.807, 2.05) is 0 Å². The third-order valence-corrected chi connectivity index (χ3v) is 6.02. The highest BCUT2D eigenvalue weighted by Gasteiger charge is 2.38. The number of anilines is 2. The lowest BCUT2D eigenvalue weighted by Crippen LogP contribution is -2.29. The molecule has 13 heteroatoms. The average molecular weight is 453 g/mol. The number of fused-ring (bicyclic) bond motifs is 3. The Morgan fingerprint density at radius 2 is 1.93 bits per heavy atom. The van der Waals surface area contributed by atoms with Crippen LogP contribution in [0.2, 0.25) is 0 Å². The van der Waals surface area contributed by atoms with Gasteiger partial charge in [0.15, 0.2) is 5.82 Å². The first-order chi connectivity index (χ1) is 14.0. The number of hydrogen-bond acceptors (Lipinski definition) is 7. The summed E-state index contributed by atoms with van der Waals surface area (Å²) in [4.78, 5) is 20.8. The monoisotopic (exact) mass is 453 g/mol. The number of aliphatic carboxylic acids is 1. The van der Waals surface area contributed by atoms with Crippen LogP contribution in [0, 0.1) is 0 Å². The van der Waals surface area contributed by atoms with Gasteiger partial charge < -0.3 is 21.1 Å². The zero-order valence-corrected chi connectivity index (χ0v) is 16.5. The minimum atomic E-state index is -5.08. The summed E-state index contributed by atoms with van der Waals surface area (Å²) < 4.78 is 60.3. The molecule has 0 saturated carbocycles. The maximum absolute atomic E-state index is 13.8. The van der Waals surface area contributed by atoms with Crippen LogP contribution in [0.25, 0.3) is 10.2 Å². The fraction of sp³-hybridized carbons (Fsp3) is 0.588. The number of nitrogen functional groups attached to an aromatic ring is 1. The van der Waals surface area contributed by atoms with Crippen LogP contribution in [0.4, 0.5) is 33.7 Å². The molecule has 4 N–H and O–H groups in total. The summed E-state index contributed by atoms with van der Waals surface area (Å²) in [6.45, 7) is 3.59. The van der Waals surface area contributed by atoms with Gasteiger partial charge in [0.2, 0.25) is 5.95 Å². The molecule has 0 aromatic carbocycles. The number of nitrogens with two attached hydrogens (primary N) is 1. The molecule has 4 rings (SSSR count). The molecule has 2 aliphatic rings. The SMILES string of the molecule is Nc1nc(N2CCCNCC2)c2sc3c(c2n1)CC(F)(F)CC3.O=C(O)C(F)(F)F. The maximum Gasteiger partial charge on any atom is 0.490 e. The second-order valence-corrected chi connectivity index (χ2v) is 8.12. The lowest BCUT2D eigenvalue weighted by Gasteiger charge is -2.22. The number of carboxylic acid groups (broad SMARTS) is 1. The van der Waals surface area contributed by atoms with E-state index in [9.17, 15) is 22.0 Å². The van der Waals surface area contributed by atoms with Gasteiger partial charge in [-0.3, -0.25) is 0 Å². The zero-order chi connectivity index (χ0) is 22.1. The summed E-state index contributed by atoms with van der Waals surface area (Å²) in [5.74, 6) is -4.43. The Balaban J connectivity index is 0.000000318. The van der Waals surface area contributed by atoms with Crippen molar-refractivity contribution in [2.45, 2.75) is 37.8 Å². The lowest BCUT2D eigenvalue weighted by molar-refractivity contribution is -0.192. The van der Waals surface area contributed by atoms with E-state index in [4.69, 9.17) is 15.6 Å². The van der Waals surface area contributed by atoms with Crippen molar-refractivity contribution < 1.29 is 31.9 Å². The van der Waals surface area contributed by atoms with Crippen LogP contribution < -0.4 is 16.0 Å². The molecule has 1 aliphatic heterocycles. The van der Waals surface area contributed by atoms with Crippen LogP contribution >= 0.6 is 11.3 Å². The quantitative estimate of drug-likeness (QED) is 0.571. The van der Waals surface area contributed by atoms with Crippen LogP contribution in [0.1, 0.15) is 23.3 Å². The highest BCUT2D eigenvalue weighted by atomic mass is 32.1. The van der Waals surface area contributed by atoms with E-state index in [0.717, 1.165) is 48.0 Å². The number of carbonyl (C=O) groups is 1. The summed E-state index contributed by atoms with van der Waals surface area (Å²) in [6, 6.07) is 0. The van der Waals surface area contributed by atoms with E-state index in [2.05, 4.69) is 20.2 Å². The van der Waals surface area contributed by atoms with Gasteiger partial charge in [-0.2, -0.15) is 18.2 Å². The largest absolute Gasteiger partial charge is 0.490 e. The molecule has 0 atom stereocenters. The zero-order valence-electron chi connectivity index (χ0n) is 15.7. The Morgan fingerprint density at radius 3 is 2.60 bits per heavy atom. The summed E-state index contributed by atoms with van der Waals surface area (Å²) in [5, 5.41) is 10.5. The fourth-order valence-electron chi connectivity index (χ4n) is 3.37. The van der Waals surface area contributed by atoms with E-state index in [-0.39, 0.29) is 18.8 Å². The van der Waals surface area contributed by atoms with E-state index < -0.39 is 18.1 Å². The number of carboxylic acids is 1. The topological polar surface area (TPSA) is 104 Å². The van der Waals surface area contributed by atoms with Gasteiger partial charge in [-0.05, 0) is 24.9 Å². The molecule has 0 bridgehead atoms. The fourth-order valence-corrected chi connectivity index (χ4v) is 4.64. The number of aromatic nitrogens is 2. The number of alkyl halides is 5. The lowest BCUT2D eigenvalue weighted by atomic mass is 9.95. The molecular formula is C17H20F5N5O2S. The van der Waals surface area contributed by atoms with E-state index in [0.29, 0.717) is 17.5 Å². The first-order valence-corrected chi connectivity index (χ1v) is 10.0. The number of rotatable bonds is 1. The molecule has 1 fully saturated rings. The highest BCUT2D eigenvalue weighted by Crippen LogP contribution is 2.43. The third-order valence-electron chi connectivity index (χ3n) is 4.75. The number of halogens is 5. The predicted octanol–water partition coefficient (Wildman–Crippen LogP) is 2.83. The molecule has 30 heavy (non-hydrogen) atoms. The van der Waals surface area contributed by atoms with E-state index in [1.165, 1.54) is 0 Å². The predicted molar refractivity (Wildman–Crippen MR) is 102 cm³/mol. The summed E-state index contributed by atoms with van der Waals surface area (Å²) in [7, 11) is 0. The molecule has 2 aromatic heterocycles. The number of aryl methyl sites for hydroxylation is 1. The summed E-state index contributed by atoms with van der Waals surface area (Å²) in [5.41, 5.74) is 7.18. The molecule has 0 spiro atoms. The van der Waals surface area contributed by atoms with Crippen LogP contribution in [0.5, 0.6) is 0 Å². The van der Waals surface area contributed by atoms with Gasteiger partial charge in [0.05, 0.1) is 10.2 Å². The first kappa shape index (κ1) is 22.4. The van der Waals surface area contributed by atoms with Crippen LogP contribution in [-0.4, -0.2) is 59.3 Å². The molecule has 7 nitrogen and oxygen atoms in total. The van der Waals surface area contributed by atoms with E-state index in [1.54, 1.807) is 11.3 Å². The van der Waals surface area contributed by atoms with Gasteiger partial charge in [0.1, 0.15) is 0 Å². The van der Waals surface area contributed by atoms with Crippen molar-refractivity contribution in [3.63, 3.8) is 0 Å². The number of thiophene rings is 1. The Morgan fingerprint density at radius 1 is 1.23 bits per heavy atom. The standard InChI is InChI=1S/C15H19F2N5S.C2HF3O2/c16-15(17)3-2-10-9(8-15)11-12(23-10)13(21-14(18)20-11)22-6-1-4-19-5-7-22;3-2(4,5)1(6)7/h19H,1-8H2,(H2,18,20,21);(H,6,7). The molecule has 0 amide bonds. The smallest absolute Gasteiger partial charge is 0.475 e. The van der Waals surface area contributed by atoms with Crippen LogP contribution in [0.15, 0.2) is 0 Å². The van der Waals surface area contributed by atoms with Gasteiger partial charge in [-0.25, -0.2) is 18.6 Å². The Hall–Kier alpha value is -2.28. The van der Waals surface area contributed by atoms with Gasteiger partial charge in [-0.1, -0.05) is 0 Å². The molecule has 0 radical (unpaired) electrons. The first-order valence-electron chi connectivity index (χ1n) is 9.19. The van der Waals surface area contributed by atoms with Crippen molar-refractivity contribution in [2.75, 3.05) is 36.8 Å². The molecule has 166 valence electrons. The Bertz CT molecular complexity index is 925. The average Bonchev–Trinajstić information content (AvgIpc) is 2.82. The Kier molecular flexibility index (Phi) is 6.32. The second-order valence-electron chi connectivity index (χ2n) is 7.01. The van der Waals surface area contributed by atoms with Crippen molar-refractivity contribution in [1.29, 1.82) is 0 Å². The highest BCUT2D eigenvalue weighted by molar-refractivity contribution is 7.19. The molecule has 1 aliphatic carbocycles. The van der Waals surface area contributed by atoms with Crippen molar-refractivity contribution in [2.24, 2.45) is 0 Å². The molecule has 3 heterocycles. The summed E-state index contributed by atoms with van der Waals surface area (Å²) >= 11 is 1.56. The number of hydrogen-bond donors (Lipinski definition) is 3. The third kappa shape index (κ3) is 5.06. The minimum Gasteiger partial charge on any atom is -0.475 e. The number of nitrogens with zero attached hydrogens (tertiary/aromatic N) is 3. The second kappa shape index (κ2) is 8.46. The molecule has 1 saturated heterocycles. The van der Waals surface area contributed by atoms with Crippen molar-refractivity contribution in [1.82, 2.24) is 15.3 Å². The molecular weight excluding hydrogens is 433 g/mol. The van der Waals surface area contributed by atoms with Gasteiger partial charge in [-0.15, -0.1) is 11.3 Å². The molecule has 2 aromatic rings. The van der Waals surface area contributed by atoms with Crippen molar-refractivity contribution >= 4 is 39.3 Å². The van der Waals surface area contributed by atoms with E-state index >= 15 is 0 Å². The summed E-state index contributed by atoms with van der Waals surface area (Å²) in [6.07, 6.45) is -3.97. The van der Waals surface area contributed by atoms with Crippen molar-refractivity contribution in [3.8, 4) is 0 Å². The van der Waals surface area contributed by atoms with Gasteiger partial charge in [0.25, 0.3) is 5.92 Å². The minimum absolute atomic E-state index is 0.0846. The normalized spacial score (nSPS) is 18.9. The van der Waals surface area contributed by atoms with Gasteiger partial charge >= 0.3 is 12.1 Å². The number of nitrogens with one attached hydrogen (secondary N) is 1. The van der Waals surface area contributed by atoms with Gasteiger partial charge in [0, 0.05) is 37.4 Å². The Labute approximate surface area is 172 Å². The maximum atomic E-state index is 13.8. The van der Waals surface area contributed by atoms with Crippen LogP contribution in [-0.2, 0) is 17.6 Å². The van der Waals surface area contributed by atoms with Crippen LogP contribution in [0.3, 0.4) is 0 Å². The molecule has 0 unspecified atom stereocenters.